The molecule has 0 bridgehead atoms. The van der Waals surface area contributed by atoms with Crippen molar-refractivity contribution in [3.8, 4) is 11.5 Å². The fourth-order valence-electron chi connectivity index (χ4n) is 1.63. The van der Waals surface area contributed by atoms with Gasteiger partial charge in [-0.15, -0.1) is 12.4 Å². The third kappa shape index (κ3) is 4.08. The van der Waals surface area contributed by atoms with Gasteiger partial charge < -0.3 is 14.8 Å². The number of pyridine rings is 1. The Morgan fingerprint density at radius 1 is 1.41 bits per heavy atom. The molecule has 122 valence electrons. The molecule has 22 heavy (non-hydrogen) atoms. The van der Waals surface area contributed by atoms with Gasteiger partial charge in [-0.05, 0) is 26.1 Å². The number of nitrogens with one attached hydrogen (secondary N) is 2. The summed E-state index contributed by atoms with van der Waals surface area (Å²) >= 11 is 0. The zero-order valence-corrected chi connectivity index (χ0v) is 12.5. The number of nitrogens with zero attached hydrogens (tertiary/aromatic N) is 2. The molecule has 0 aliphatic carbocycles. The van der Waals surface area contributed by atoms with Gasteiger partial charge in [0.2, 0.25) is 0 Å². The number of hydrogen-bond acceptors (Lipinski definition) is 5. The van der Waals surface area contributed by atoms with Crippen molar-refractivity contribution in [3.63, 3.8) is 0 Å². The van der Waals surface area contributed by atoms with Gasteiger partial charge in [0, 0.05) is 12.5 Å². The molecule has 2 aromatic rings. The number of aromatic nitrogens is 3. The molecule has 0 spiro atoms. The lowest BCUT2D eigenvalue weighted by molar-refractivity contribution is -0.141. The summed E-state index contributed by atoms with van der Waals surface area (Å²) in [5.74, 6) is 0.259. The van der Waals surface area contributed by atoms with Gasteiger partial charge in [0.1, 0.15) is 11.3 Å². The Balaban J connectivity index is 0.00000242. The van der Waals surface area contributed by atoms with Gasteiger partial charge in [0.25, 0.3) is 11.4 Å². The summed E-state index contributed by atoms with van der Waals surface area (Å²) in [5.41, 5.74) is -2.15. The monoisotopic (exact) mass is 338 g/mol. The molecular weight excluding hydrogens is 325 g/mol. The minimum absolute atomic E-state index is 0. The lowest BCUT2D eigenvalue weighted by atomic mass is 10.2. The molecule has 1 unspecified atom stereocenters. The van der Waals surface area contributed by atoms with Crippen LogP contribution in [0.5, 0.6) is 0 Å². The highest BCUT2D eigenvalue weighted by molar-refractivity contribution is 5.85. The summed E-state index contributed by atoms with van der Waals surface area (Å²) < 4.78 is 42.3. The van der Waals surface area contributed by atoms with E-state index in [0.717, 1.165) is 12.1 Å². The summed E-state index contributed by atoms with van der Waals surface area (Å²) in [6.07, 6.45) is -4.14. The van der Waals surface area contributed by atoms with Crippen molar-refractivity contribution in [1.29, 1.82) is 0 Å². The van der Waals surface area contributed by atoms with Crippen LogP contribution in [-0.4, -0.2) is 28.2 Å². The van der Waals surface area contributed by atoms with Crippen LogP contribution in [0.2, 0.25) is 0 Å². The molecule has 0 saturated heterocycles. The van der Waals surface area contributed by atoms with E-state index in [2.05, 4.69) is 15.5 Å². The van der Waals surface area contributed by atoms with Crippen LogP contribution in [0.3, 0.4) is 0 Å². The molecule has 0 saturated carbocycles. The minimum atomic E-state index is -4.61. The van der Waals surface area contributed by atoms with Crippen molar-refractivity contribution in [2.75, 3.05) is 7.05 Å². The Kier molecular flexibility index (Phi) is 5.72. The normalized spacial score (nSPS) is 12.8. The smallest absolute Gasteiger partial charge is 0.334 e. The number of likely N-dealkylation sites (N-methyl/N-ethyl adjacent to an activating group) is 1. The molecule has 10 heteroatoms. The van der Waals surface area contributed by atoms with E-state index in [-0.39, 0.29) is 29.9 Å². The number of H-pyrrole nitrogens is 1. The van der Waals surface area contributed by atoms with Crippen LogP contribution in [0.15, 0.2) is 21.5 Å². The zero-order chi connectivity index (χ0) is 15.6. The van der Waals surface area contributed by atoms with E-state index in [4.69, 9.17) is 4.52 Å². The highest BCUT2D eigenvalue weighted by Gasteiger charge is 2.32. The fraction of sp³-hybridized carbons (Fsp3) is 0.417. The van der Waals surface area contributed by atoms with Crippen molar-refractivity contribution in [3.05, 3.63) is 34.0 Å². The maximum Gasteiger partial charge on any atom is 0.431 e. The Morgan fingerprint density at radius 3 is 2.64 bits per heavy atom. The highest BCUT2D eigenvalue weighted by atomic mass is 35.5. The van der Waals surface area contributed by atoms with Crippen molar-refractivity contribution in [1.82, 2.24) is 20.4 Å². The predicted molar refractivity (Wildman–Crippen MR) is 74.8 cm³/mol. The molecule has 6 nitrogen and oxygen atoms in total. The average molecular weight is 339 g/mol. The Hall–Kier alpha value is -1.87. The first-order chi connectivity index (χ1) is 9.81. The highest BCUT2D eigenvalue weighted by Crippen LogP contribution is 2.27. The van der Waals surface area contributed by atoms with Crippen LogP contribution in [0.25, 0.3) is 11.5 Å². The van der Waals surface area contributed by atoms with Gasteiger partial charge in [0.05, 0.1) is 0 Å². The summed E-state index contributed by atoms with van der Waals surface area (Å²) in [6, 6.07) is 1.87. The van der Waals surface area contributed by atoms with Crippen molar-refractivity contribution in [2.45, 2.75) is 25.6 Å². The average Bonchev–Trinajstić information content (AvgIpc) is 2.85. The van der Waals surface area contributed by atoms with Crippen molar-refractivity contribution < 1.29 is 17.7 Å². The third-order valence-corrected chi connectivity index (χ3v) is 2.89. The predicted octanol–water partition coefficient (Wildman–Crippen LogP) is 2.02. The van der Waals surface area contributed by atoms with E-state index < -0.39 is 17.4 Å². The maximum absolute atomic E-state index is 12.5. The van der Waals surface area contributed by atoms with Crippen LogP contribution < -0.4 is 10.9 Å². The van der Waals surface area contributed by atoms with Gasteiger partial charge in [-0.3, -0.25) is 4.79 Å². The Bertz CT molecular complexity index is 683. The van der Waals surface area contributed by atoms with Crippen LogP contribution in [0.4, 0.5) is 13.2 Å². The first kappa shape index (κ1) is 18.2. The Morgan fingerprint density at radius 2 is 2.09 bits per heavy atom. The summed E-state index contributed by atoms with van der Waals surface area (Å²) in [7, 11) is 1.77. The second-order valence-electron chi connectivity index (χ2n) is 4.52. The minimum Gasteiger partial charge on any atom is -0.334 e. The van der Waals surface area contributed by atoms with E-state index in [1.807, 2.05) is 6.92 Å². The van der Waals surface area contributed by atoms with E-state index >= 15 is 0 Å². The van der Waals surface area contributed by atoms with Gasteiger partial charge >= 0.3 is 6.18 Å². The second kappa shape index (κ2) is 6.93. The van der Waals surface area contributed by atoms with Crippen LogP contribution in [0.1, 0.15) is 18.4 Å². The molecule has 0 aliphatic rings. The SMILES string of the molecule is CNC(C)Cc1noc(-c2ccc(C(F)(F)F)[nH]c2=O)n1.Cl. The molecule has 0 aliphatic heterocycles. The van der Waals surface area contributed by atoms with Gasteiger partial charge in [-0.25, -0.2) is 0 Å². The van der Waals surface area contributed by atoms with Crippen molar-refractivity contribution in [2.24, 2.45) is 0 Å². The van der Waals surface area contributed by atoms with Gasteiger partial charge in [-0.1, -0.05) is 5.16 Å². The fourth-order valence-corrected chi connectivity index (χ4v) is 1.63. The molecule has 2 rings (SSSR count). The van der Waals surface area contributed by atoms with Gasteiger partial charge in [0.15, 0.2) is 5.82 Å². The number of aromatic amines is 1. The lowest BCUT2D eigenvalue weighted by Crippen LogP contribution is -2.24. The third-order valence-electron chi connectivity index (χ3n) is 2.89. The van der Waals surface area contributed by atoms with Crippen molar-refractivity contribution >= 4 is 12.4 Å². The molecule has 2 N–H and O–H groups in total. The van der Waals surface area contributed by atoms with E-state index in [9.17, 15) is 18.0 Å². The number of halogens is 4. The first-order valence-electron chi connectivity index (χ1n) is 6.12. The standard InChI is InChI=1S/C12H13F3N4O2.ClH/c1-6(16-2)5-9-18-11(21-19-9)7-3-4-8(12(13,14)15)17-10(7)20;/h3-4,6,16H,5H2,1-2H3,(H,17,20);1H. The molecule has 0 amide bonds. The summed E-state index contributed by atoms with van der Waals surface area (Å²) in [6.45, 7) is 1.90. The van der Waals surface area contributed by atoms with E-state index in [1.165, 1.54) is 0 Å². The quantitative estimate of drug-likeness (QED) is 0.891. The largest absolute Gasteiger partial charge is 0.431 e. The second-order valence-corrected chi connectivity index (χ2v) is 4.52. The molecule has 2 heterocycles. The summed E-state index contributed by atoms with van der Waals surface area (Å²) in [5, 5.41) is 6.68. The molecule has 2 aromatic heterocycles. The lowest BCUT2D eigenvalue weighted by Gasteiger charge is -2.05. The number of rotatable bonds is 4. The van der Waals surface area contributed by atoms with E-state index in [1.54, 1.807) is 12.0 Å². The zero-order valence-electron chi connectivity index (χ0n) is 11.7. The molecule has 0 fully saturated rings. The maximum atomic E-state index is 12.5. The van der Waals surface area contributed by atoms with E-state index in [0.29, 0.717) is 12.2 Å². The topological polar surface area (TPSA) is 83.8 Å². The Labute approximate surface area is 129 Å². The first-order valence-corrected chi connectivity index (χ1v) is 6.12. The number of hydrogen-bond donors (Lipinski definition) is 2. The molecule has 1 atom stereocenters. The van der Waals surface area contributed by atoms with Crippen LogP contribution >= 0.6 is 12.4 Å². The van der Waals surface area contributed by atoms with Crippen LogP contribution in [0, 0.1) is 0 Å². The molecule has 0 radical (unpaired) electrons. The summed E-state index contributed by atoms with van der Waals surface area (Å²) in [4.78, 5) is 17.4. The van der Waals surface area contributed by atoms with Crippen LogP contribution in [-0.2, 0) is 12.6 Å². The van der Waals surface area contributed by atoms with Gasteiger partial charge in [-0.2, -0.15) is 18.2 Å². The number of alkyl halides is 3. The molecule has 0 aromatic carbocycles. The molecular formula is C12H14ClF3N4O2.